The fraction of sp³-hybridized carbons (Fsp3) is 0.500. The summed E-state index contributed by atoms with van der Waals surface area (Å²) in [5, 5.41) is 0.819. The van der Waals surface area contributed by atoms with Gasteiger partial charge in [-0.25, -0.2) is 0 Å². The zero-order chi connectivity index (χ0) is 10.8. The first-order valence-corrected chi connectivity index (χ1v) is 5.61. The maximum Gasteiger partial charge on any atom is 0.143 e. The highest BCUT2D eigenvalue weighted by Crippen LogP contribution is 2.09. The summed E-state index contributed by atoms with van der Waals surface area (Å²) in [7, 11) is 0. The van der Waals surface area contributed by atoms with Gasteiger partial charge in [0, 0.05) is 0 Å². The smallest absolute Gasteiger partial charge is 0.143 e. The normalized spacial score (nSPS) is 10.9. The Hall–Kier alpha value is -0.900. The summed E-state index contributed by atoms with van der Waals surface area (Å²) in [5.74, 6) is 0.624. The van der Waals surface area contributed by atoms with Crippen LogP contribution in [0.15, 0.2) is 30.2 Å². The number of aliphatic imine (C=N–C) groups is 1. The first-order valence-electron chi connectivity index (χ1n) is 4.39. The molecule has 0 unspecified atom stereocenters. The Kier molecular flexibility index (Phi) is 8.13. The van der Waals surface area contributed by atoms with E-state index in [-0.39, 0.29) is 0 Å². The molecule has 4 heteroatoms. The predicted octanol–water partition coefficient (Wildman–Crippen LogP) is 2.46. The maximum absolute atomic E-state index is 5.24. The van der Waals surface area contributed by atoms with Crippen molar-refractivity contribution in [2.24, 2.45) is 4.99 Å². The highest BCUT2D eigenvalue weighted by atomic mass is 32.2. The molecule has 0 atom stereocenters. The number of rotatable bonds is 7. The molecular weight excluding hydrogens is 198 g/mol. The van der Waals surface area contributed by atoms with Gasteiger partial charge in [0.05, 0.1) is 19.4 Å². The fourth-order valence-electron chi connectivity index (χ4n) is 0.786. The van der Waals surface area contributed by atoms with Crippen molar-refractivity contribution in [2.45, 2.75) is 6.92 Å². The fourth-order valence-corrected chi connectivity index (χ4v) is 1.29. The van der Waals surface area contributed by atoms with Crippen LogP contribution in [0.3, 0.4) is 0 Å². The molecule has 3 nitrogen and oxygen atoms in total. The zero-order valence-corrected chi connectivity index (χ0v) is 9.60. The molecule has 0 saturated carbocycles. The monoisotopic (exact) mass is 215 g/mol. The molecule has 0 spiro atoms. The van der Waals surface area contributed by atoms with Gasteiger partial charge >= 0.3 is 0 Å². The average molecular weight is 215 g/mol. The number of ether oxygens (including phenoxy) is 2. The van der Waals surface area contributed by atoms with Gasteiger partial charge in [0.15, 0.2) is 0 Å². The first-order chi connectivity index (χ1) is 6.76. The Morgan fingerprint density at radius 2 is 2.29 bits per heavy atom. The average Bonchev–Trinajstić information content (AvgIpc) is 2.18. The van der Waals surface area contributed by atoms with Gasteiger partial charge < -0.3 is 9.47 Å². The van der Waals surface area contributed by atoms with E-state index in [4.69, 9.17) is 9.47 Å². The molecule has 0 aromatic heterocycles. The molecule has 0 aromatic carbocycles. The minimum absolute atomic E-state index is 0.535. The second kappa shape index (κ2) is 8.69. The molecule has 0 N–H and O–H groups in total. The van der Waals surface area contributed by atoms with Gasteiger partial charge in [-0.2, -0.15) is 0 Å². The molecule has 0 amide bonds. The van der Waals surface area contributed by atoms with Gasteiger partial charge in [-0.05, 0) is 13.2 Å². The topological polar surface area (TPSA) is 30.8 Å². The molecule has 0 saturated heterocycles. The minimum atomic E-state index is 0.535. The Morgan fingerprint density at radius 3 is 2.79 bits per heavy atom. The Balaban J connectivity index is 3.97. The van der Waals surface area contributed by atoms with Gasteiger partial charge in [-0.3, -0.25) is 4.99 Å². The van der Waals surface area contributed by atoms with E-state index in [1.807, 2.05) is 13.2 Å². The molecule has 80 valence electrons. The predicted molar refractivity (Wildman–Crippen MR) is 62.7 cm³/mol. The van der Waals surface area contributed by atoms with Crippen LogP contribution in [0.1, 0.15) is 6.92 Å². The van der Waals surface area contributed by atoms with E-state index in [0.717, 1.165) is 5.04 Å². The lowest BCUT2D eigenvalue weighted by Gasteiger charge is -2.07. The Bertz CT molecular complexity index is 214. The van der Waals surface area contributed by atoms with Crippen molar-refractivity contribution in [3.05, 3.63) is 25.2 Å². The van der Waals surface area contributed by atoms with E-state index in [1.165, 1.54) is 18.0 Å². The molecule has 0 aliphatic rings. The van der Waals surface area contributed by atoms with E-state index in [9.17, 15) is 0 Å². The summed E-state index contributed by atoms with van der Waals surface area (Å²) in [4.78, 5) is 4.28. The first kappa shape index (κ1) is 13.1. The molecule has 0 heterocycles. The zero-order valence-electron chi connectivity index (χ0n) is 8.78. The summed E-state index contributed by atoms with van der Waals surface area (Å²) in [5.41, 5.74) is 0. The van der Waals surface area contributed by atoms with Crippen molar-refractivity contribution >= 4 is 16.8 Å². The van der Waals surface area contributed by atoms with E-state index < -0.39 is 0 Å². The van der Waals surface area contributed by atoms with Crippen molar-refractivity contribution < 1.29 is 9.47 Å². The lowest BCUT2D eigenvalue weighted by molar-refractivity contribution is 0.250. The third-order valence-corrected chi connectivity index (χ3v) is 2.08. The lowest BCUT2D eigenvalue weighted by atomic mass is 10.6. The van der Waals surface area contributed by atoms with Crippen LogP contribution in [-0.4, -0.2) is 31.1 Å². The maximum atomic E-state index is 5.24. The van der Waals surface area contributed by atoms with Gasteiger partial charge in [-0.1, -0.05) is 13.2 Å². The minimum Gasteiger partial charge on any atom is -0.500 e. The van der Waals surface area contributed by atoms with Crippen LogP contribution in [0.25, 0.3) is 0 Å². The molecule has 0 aliphatic carbocycles. The molecule has 14 heavy (non-hydrogen) atoms. The molecule has 0 radical (unpaired) electrons. The van der Waals surface area contributed by atoms with Crippen LogP contribution < -0.4 is 0 Å². The molecular formula is C10H17NO2S. The van der Waals surface area contributed by atoms with E-state index in [2.05, 4.69) is 18.2 Å². The standard InChI is InChI=1S/C10H17NO2S/c1-5-12-8-7-11-10(14-4)9(3)13-6-2/h5H,1,3,6-8H2,2,4H3. The number of hydrogen-bond donors (Lipinski definition) is 0. The molecule has 0 aromatic rings. The summed E-state index contributed by atoms with van der Waals surface area (Å²) >= 11 is 1.52. The van der Waals surface area contributed by atoms with Crippen LogP contribution >= 0.6 is 11.8 Å². The largest absolute Gasteiger partial charge is 0.500 e. The van der Waals surface area contributed by atoms with Crippen molar-refractivity contribution in [3.63, 3.8) is 0 Å². The highest BCUT2D eigenvalue weighted by Gasteiger charge is 2.02. The van der Waals surface area contributed by atoms with E-state index in [0.29, 0.717) is 25.5 Å². The summed E-state index contributed by atoms with van der Waals surface area (Å²) in [6.07, 6.45) is 3.35. The second-order valence-corrected chi connectivity index (χ2v) is 3.08. The number of thioether (sulfide) groups is 1. The second-order valence-electron chi connectivity index (χ2n) is 2.28. The van der Waals surface area contributed by atoms with Crippen molar-refractivity contribution in [1.82, 2.24) is 0 Å². The van der Waals surface area contributed by atoms with E-state index >= 15 is 0 Å². The van der Waals surface area contributed by atoms with Gasteiger partial charge in [0.2, 0.25) is 0 Å². The molecule has 0 rings (SSSR count). The van der Waals surface area contributed by atoms with Crippen LogP contribution in [0.4, 0.5) is 0 Å². The third-order valence-electron chi connectivity index (χ3n) is 1.33. The lowest BCUT2D eigenvalue weighted by Crippen LogP contribution is -2.03. The van der Waals surface area contributed by atoms with Gasteiger partial charge in [0.1, 0.15) is 17.4 Å². The Morgan fingerprint density at radius 1 is 1.57 bits per heavy atom. The van der Waals surface area contributed by atoms with Crippen LogP contribution in [-0.2, 0) is 9.47 Å². The van der Waals surface area contributed by atoms with Gasteiger partial charge in [-0.15, -0.1) is 11.8 Å². The third kappa shape index (κ3) is 5.70. The highest BCUT2D eigenvalue weighted by molar-refractivity contribution is 8.13. The molecule has 0 bridgehead atoms. The van der Waals surface area contributed by atoms with Crippen LogP contribution in [0.5, 0.6) is 0 Å². The summed E-state index contributed by atoms with van der Waals surface area (Å²) in [6, 6.07) is 0. The SMILES string of the molecule is C=COCCN=C(SC)C(=C)OCC. The number of hydrogen-bond acceptors (Lipinski definition) is 4. The van der Waals surface area contributed by atoms with Gasteiger partial charge in [0.25, 0.3) is 0 Å². The summed E-state index contributed by atoms with van der Waals surface area (Å²) in [6.45, 7) is 10.9. The Labute approximate surface area is 89.9 Å². The molecule has 0 fully saturated rings. The van der Waals surface area contributed by atoms with E-state index in [1.54, 1.807) is 0 Å². The van der Waals surface area contributed by atoms with Crippen LogP contribution in [0.2, 0.25) is 0 Å². The number of nitrogens with zero attached hydrogens (tertiary/aromatic N) is 1. The van der Waals surface area contributed by atoms with Crippen LogP contribution in [0, 0.1) is 0 Å². The van der Waals surface area contributed by atoms with Crippen molar-refractivity contribution in [2.75, 3.05) is 26.0 Å². The molecule has 0 aliphatic heterocycles. The van der Waals surface area contributed by atoms with Crippen molar-refractivity contribution in [3.8, 4) is 0 Å². The summed E-state index contributed by atoms with van der Waals surface area (Å²) < 4.78 is 10.2. The quantitative estimate of drug-likeness (QED) is 0.283. The van der Waals surface area contributed by atoms with Crippen molar-refractivity contribution in [1.29, 1.82) is 0 Å².